The van der Waals surface area contributed by atoms with E-state index >= 15 is 0 Å². The summed E-state index contributed by atoms with van der Waals surface area (Å²) in [5, 5.41) is 10.8. The Hall–Kier alpha value is -2.96. The largest absolute Gasteiger partial charge is 0.493 e. The van der Waals surface area contributed by atoms with Crippen molar-refractivity contribution in [1.82, 2.24) is 0 Å². The lowest BCUT2D eigenvalue weighted by Crippen LogP contribution is -2.12. The molecule has 114 valence electrons. The van der Waals surface area contributed by atoms with Crippen LogP contribution in [0, 0.1) is 15.9 Å². The lowest BCUT2D eigenvalue weighted by atomic mass is 10.1. The first kappa shape index (κ1) is 15.4. The number of methoxy groups -OCH3 is 1. The van der Waals surface area contributed by atoms with Gasteiger partial charge in [-0.25, -0.2) is 4.39 Å². The first-order valence-electron chi connectivity index (χ1n) is 6.25. The molecule has 6 nitrogen and oxygen atoms in total. The summed E-state index contributed by atoms with van der Waals surface area (Å²) in [4.78, 5) is 22.1. The molecule has 2 aromatic rings. The Balaban J connectivity index is 2.15. The predicted molar refractivity (Wildman–Crippen MR) is 75.9 cm³/mol. The molecule has 22 heavy (non-hydrogen) atoms. The third-order valence-electron chi connectivity index (χ3n) is 2.86. The summed E-state index contributed by atoms with van der Waals surface area (Å²) in [6.45, 7) is -0.388. The van der Waals surface area contributed by atoms with Gasteiger partial charge in [0.05, 0.1) is 18.1 Å². The molecule has 0 saturated carbocycles. The minimum absolute atomic E-state index is 0.0708. The van der Waals surface area contributed by atoms with E-state index in [4.69, 9.17) is 9.47 Å². The van der Waals surface area contributed by atoms with Gasteiger partial charge in [-0.1, -0.05) is 12.1 Å². The highest BCUT2D eigenvalue weighted by molar-refractivity contribution is 5.97. The Morgan fingerprint density at radius 1 is 1.23 bits per heavy atom. The van der Waals surface area contributed by atoms with Crippen LogP contribution < -0.4 is 9.47 Å². The van der Waals surface area contributed by atoms with E-state index in [1.165, 1.54) is 37.4 Å². The van der Waals surface area contributed by atoms with Gasteiger partial charge in [-0.15, -0.1) is 0 Å². The maximum atomic E-state index is 13.1. The monoisotopic (exact) mass is 305 g/mol. The number of nitro groups is 1. The van der Waals surface area contributed by atoms with Crippen molar-refractivity contribution in [3.8, 4) is 11.5 Å². The molecule has 0 aliphatic heterocycles. The average Bonchev–Trinajstić information content (AvgIpc) is 2.52. The number of Topliss-reactive ketones (excluding diaryl/α,β-unsaturated/α-hetero) is 1. The standard InChI is InChI=1S/C15H12FNO5/c1-21-14-6-5-12(17(19)20)8-15(14)22-9-13(18)10-3-2-4-11(16)7-10/h2-8H,9H2,1H3. The first-order chi connectivity index (χ1) is 10.5. The van der Waals surface area contributed by atoms with Crippen LogP contribution in [0.3, 0.4) is 0 Å². The van der Waals surface area contributed by atoms with Crippen molar-refractivity contribution < 1.29 is 23.6 Å². The van der Waals surface area contributed by atoms with Crippen LogP contribution in [0.2, 0.25) is 0 Å². The van der Waals surface area contributed by atoms with E-state index in [2.05, 4.69) is 0 Å². The topological polar surface area (TPSA) is 78.7 Å². The van der Waals surface area contributed by atoms with E-state index in [-0.39, 0.29) is 29.4 Å². The van der Waals surface area contributed by atoms with Crippen molar-refractivity contribution in [3.63, 3.8) is 0 Å². The van der Waals surface area contributed by atoms with Crippen LogP contribution in [0.5, 0.6) is 11.5 Å². The molecule has 0 saturated heterocycles. The Kier molecular flexibility index (Phi) is 4.67. The van der Waals surface area contributed by atoms with Crippen molar-refractivity contribution in [2.24, 2.45) is 0 Å². The molecule has 0 unspecified atom stereocenters. The third kappa shape index (κ3) is 3.57. The van der Waals surface area contributed by atoms with Crippen molar-refractivity contribution in [2.45, 2.75) is 0 Å². The van der Waals surface area contributed by atoms with Crippen LogP contribution in [-0.2, 0) is 0 Å². The molecule has 0 bridgehead atoms. The van der Waals surface area contributed by atoms with Gasteiger partial charge in [0.2, 0.25) is 0 Å². The quantitative estimate of drug-likeness (QED) is 0.465. The van der Waals surface area contributed by atoms with E-state index in [0.717, 1.165) is 12.1 Å². The maximum Gasteiger partial charge on any atom is 0.273 e. The number of ether oxygens (including phenoxy) is 2. The van der Waals surface area contributed by atoms with Gasteiger partial charge in [0, 0.05) is 11.6 Å². The first-order valence-corrected chi connectivity index (χ1v) is 6.25. The zero-order valence-electron chi connectivity index (χ0n) is 11.6. The van der Waals surface area contributed by atoms with Gasteiger partial charge in [-0.05, 0) is 18.2 Å². The van der Waals surface area contributed by atoms with Crippen LogP contribution in [0.15, 0.2) is 42.5 Å². The van der Waals surface area contributed by atoms with E-state index in [9.17, 15) is 19.3 Å². The smallest absolute Gasteiger partial charge is 0.273 e. The number of non-ortho nitro benzene ring substituents is 1. The number of nitro benzene ring substituents is 1. The molecule has 2 aromatic carbocycles. The molecular weight excluding hydrogens is 293 g/mol. The number of nitrogens with zero attached hydrogens (tertiary/aromatic N) is 1. The van der Waals surface area contributed by atoms with Crippen LogP contribution in [0.25, 0.3) is 0 Å². The summed E-state index contributed by atoms with van der Waals surface area (Å²) in [5.41, 5.74) is -0.0293. The zero-order valence-corrected chi connectivity index (χ0v) is 11.6. The Morgan fingerprint density at radius 3 is 2.64 bits per heavy atom. The molecule has 2 rings (SSSR count). The number of hydrogen-bond donors (Lipinski definition) is 0. The summed E-state index contributed by atoms with van der Waals surface area (Å²) in [6.07, 6.45) is 0. The number of carbonyl (C=O) groups excluding carboxylic acids is 1. The molecule has 0 aromatic heterocycles. The van der Waals surface area contributed by atoms with Crippen LogP contribution >= 0.6 is 0 Å². The number of benzene rings is 2. The van der Waals surface area contributed by atoms with Crippen molar-refractivity contribution in [1.29, 1.82) is 0 Å². The van der Waals surface area contributed by atoms with Gasteiger partial charge < -0.3 is 9.47 Å². The SMILES string of the molecule is COc1ccc([N+](=O)[O-])cc1OCC(=O)c1cccc(F)c1. The fraction of sp³-hybridized carbons (Fsp3) is 0.133. The number of ketones is 1. The van der Waals surface area contributed by atoms with E-state index in [1.807, 2.05) is 0 Å². The second-order valence-electron chi connectivity index (χ2n) is 4.31. The highest BCUT2D eigenvalue weighted by atomic mass is 19.1. The van der Waals surface area contributed by atoms with Crippen molar-refractivity contribution in [3.05, 3.63) is 64.0 Å². The molecule has 0 N–H and O–H groups in total. The molecule has 0 aliphatic carbocycles. The molecule has 0 spiro atoms. The Bertz CT molecular complexity index is 717. The van der Waals surface area contributed by atoms with Gasteiger partial charge in [0.25, 0.3) is 5.69 Å². The minimum Gasteiger partial charge on any atom is -0.493 e. The minimum atomic E-state index is -0.583. The summed E-state index contributed by atoms with van der Waals surface area (Å²) in [5.74, 6) is -0.647. The lowest BCUT2D eigenvalue weighted by Gasteiger charge is -2.10. The maximum absolute atomic E-state index is 13.1. The highest BCUT2D eigenvalue weighted by Gasteiger charge is 2.14. The summed E-state index contributed by atoms with van der Waals surface area (Å²) < 4.78 is 23.4. The molecular formula is C15H12FNO5. The number of hydrogen-bond acceptors (Lipinski definition) is 5. The van der Waals surface area contributed by atoms with Crippen molar-refractivity contribution in [2.75, 3.05) is 13.7 Å². The van der Waals surface area contributed by atoms with Gasteiger partial charge in [0.1, 0.15) is 5.82 Å². The average molecular weight is 305 g/mol. The van der Waals surface area contributed by atoms with Crippen LogP contribution in [-0.4, -0.2) is 24.4 Å². The van der Waals surface area contributed by atoms with Gasteiger partial charge >= 0.3 is 0 Å². The van der Waals surface area contributed by atoms with Crippen LogP contribution in [0.4, 0.5) is 10.1 Å². The highest BCUT2D eigenvalue weighted by Crippen LogP contribution is 2.31. The number of rotatable bonds is 6. The number of carbonyl (C=O) groups is 1. The number of halogens is 1. The van der Waals surface area contributed by atoms with Crippen LogP contribution in [0.1, 0.15) is 10.4 Å². The molecule has 0 amide bonds. The fourth-order valence-electron chi connectivity index (χ4n) is 1.78. The van der Waals surface area contributed by atoms with Gasteiger partial charge in [0.15, 0.2) is 23.9 Å². The fourth-order valence-corrected chi connectivity index (χ4v) is 1.78. The zero-order chi connectivity index (χ0) is 16.1. The van der Waals surface area contributed by atoms with Crippen molar-refractivity contribution >= 4 is 11.5 Å². The molecule has 0 radical (unpaired) electrons. The summed E-state index contributed by atoms with van der Waals surface area (Å²) in [6, 6.07) is 8.99. The molecule has 0 heterocycles. The molecule has 0 fully saturated rings. The Labute approximate surface area is 125 Å². The summed E-state index contributed by atoms with van der Waals surface area (Å²) in [7, 11) is 1.38. The van der Waals surface area contributed by atoms with E-state index in [1.54, 1.807) is 0 Å². The molecule has 0 aliphatic rings. The Morgan fingerprint density at radius 2 is 2.00 bits per heavy atom. The van der Waals surface area contributed by atoms with E-state index in [0.29, 0.717) is 0 Å². The van der Waals surface area contributed by atoms with Gasteiger partial charge in [-0.3, -0.25) is 14.9 Å². The normalized spacial score (nSPS) is 10.1. The molecule has 0 atom stereocenters. The lowest BCUT2D eigenvalue weighted by molar-refractivity contribution is -0.385. The predicted octanol–water partition coefficient (Wildman–Crippen LogP) is 3.00. The second-order valence-corrected chi connectivity index (χ2v) is 4.31. The third-order valence-corrected chi connectivity index (χ3v) is 2.86. The van der Waals surface area contributed by atoms with Gasteiger partial charge in [-0.2, -0.15) is 0 Å². The van der Waals surface area contributed by atoms with E-state index < -0.39 is 16.5 Å². The summed E-state index contributed by atoms with van der Waals surface area (Å²) >= 11 is 0. The molecule has 7 heteroatoms. The second kappa shape index (κ2) is 6.66.